The van der Waals surface area contributed by atoms with Gasteiger partial charge in [0.1, 0.15) is 0 Å². The molecule has 69 valence electrons. The van der Waals surface area contributed by atoms with E-state index in [9.17, 15) is 13.2 Å². The highest BCUT2D eigenvalue weighted by molar-refractivity contribution is 6.58. The molecule has 1 aromatic rings. The monoisotopic (exact) mass is 189 g/mol. The van der Waals surface area contributed by atoms with Crippen LogP contribution in [0.5, 0.6) is 0 Å². The summed E-state index contributed by atoms with van der Waals surface area (Å²) in [4.78, 5) is 0. The molecule has 0 saturated carbocycles. The molecule has 1 rings (SSSR count). The molecule has 2 nitrogen and oxygen atoms in total. The van der Waals surface area contributed by atoms with Crippen molar-refractivity contribution in [1.29, 1.82) is 0 Å². The van der Waals surface area contributed by atoms with Crippen LogP contribution in [-0.4, -0.2) is 17.2 Å². The molecular weight excluding hydrogens is 184 g/mol. The molecule has 0 saturated heterocycles. The molecule has 0 aromatic heterocycles. The van der Waals surface area contributed by atoms with E-state index in [2.05, 4.69) is 6.07 Å². The summed E-state index contributed by atoms with van der Waals surface area (Å²) in [5.74, 6) is 0. The Labute approximate surface area is 72.8 Å². The maximum Gasteiger partial charge on any atom is 0.488 e. The largest absolute Gasteiger partial charge is 0.488 e. The summed E-state index contributed by atoms with van der Waals surface area (Å²) < 4.78 is 36.1. The van der Waals surface area contributed by atoms with Crippen LogP contribution in [-0.2, 0) is 6.18 Å². The zero-order chi connectivity index (χ0) is 10.1. The number of hydrogen-bond acceptors (Lipinski definition) is 2. The van der Waals surface area contributed by atoms with Crippen LogP contribution >= 0.6 is 0 Å². The number of alkyl halides is 3. The van der Waals surface area contributed by atoms with Crippen LogP contribution in [0.4, 0.5) is 13.2 Å². The first-order valence-corrected chi connectivity index (χ1v) is 3.35. The maximum absolute atomic E-state index is 12.0. The van der Waals surface area contributed by atoms with Gasteiger partial charge in [0.25, 0.3) is 0 Å². The Morgan fingerprint density at radius 3 is 2.31 bits per heavy atom. The quantitative estimate of drug-likeness (QED) is 0.618. The molecule has 0 aliphatic carbocycles. The van der Waals surface area contributed by atoms with Crippen molar-refractivity contribution in [2.24, 2.45) is 0 Å². The fraction of sp³-hybridized carbons (Fsp3) is 0.143. The van der Waals surface area contributed by atoms with Gasteiger partial charge in [0, 0.05) is 0 Å². The molecule has 1 radical (unpaired) electrons. The van der Waals surface area contributed by atoms with Gasteiger partial charge in [-0.1, -0.05) is 12.1 Å². The first-order chi connectivity index (χ1) is 5.91. The van der Waals surface area contributed by atoms with E-state index in [0.717, 1.165) is 12.1 Å². The molecule has 13 heavy (non-hydrogen) atoms. The van der Waals surface area contributed by atoms with Gasteiger partial charge in [0.2, 0.25) is 0 Å². The lowest BCUT2D eigenvalue weighted by atomic mass is 9.79. The summed E-state index contributed by atoms with van der Waals surface area (Å²) in [7, 11) is -1.90. The minimum absolute atomic E-state index is 0.227. The van der Waals surface area contributed by atoms with E-state index >= 15 is 0 Å². The normalized spacial score (nSPS) is 11.5. The SMILES string of the molecule is OB(O)c1c[c]cc(C(F)(F)F)c1. The average Bonchev–Trinajstić information content (AvgIpc) is 2.03. The van der Waals surface area contributed by atoms with Crippen LogP contribution in [0.2, 0.25) is 0 Å². The van der Waals surface area contributed by atoms with Crippen molar-refractivity contribution in [3.8, 4) is 0 Å². The van der Waals surface area contributed by atoms with E-state index in [1.807, 2.05) is 0 Å². The van der Waals surface area contributed by atoms with Crippen LogP contribution in [0.1, 0.15) is 5.56 Å². The fourth-order valence-electron chi connectivity index (χ4n) is 0.803. The van der Waals surface area contributed by atoms with Crippen molar-refractivity contribution >= 4 is 12.6 Å². The summed E-state index contributed by atoms with van der Waals surface area (Å²) in [5, 5.41) is 17.2. The highest BCUT2D eigenvalue weighted by Gasteiger charge is 2.31. The van der Waals surface area contributed by atoms with Crippen molar-refractivity contribution in [2.45, 2.75) is 6.18 Å². The van der Waals surface area contributed by atoms with Gasteiger partial charge in [-0.05, 0) is 17.6 Å². The van der Waals surface area contributed by atoms with Crippen LogP contribution in [0.3, 0.4) is 0 Å². The zero-order valence-electron chi connectivity index (χ0n) is 6.34. The summed E-state index contributed by atoms with van der Waals surface area (Å²) in [6.07, 6.45) is -4.48. The van der Waals surface area contributed by atoms with Gasteiger partial charge in [0.15, 0.2) is 0 Å². The highest BCUT2D eigenvalue weighted by Crippen LogP contribution is 2.27. The van der Waals surface area contributed by atoms with Gasteiger partial charge in [0.05, 0.1) is 5.56 Å². The minimum atomic E-state index is -4.48. The summed E-state index contributed by atoms with van der Waals surface area (Å²) >= 11 is 0. The molecule has 6 heteroatoms. The molecule has 0 bridgehead atoms. The lowest BCUT2D eigenvalue weighted by Gasteiger charge is -2.07. The molecule has 2 N–H and O–H groups in total. The predicted octanol–water partition coefficient (Wildman–Crippen LogP) is 0.185. The van der Waals surface area contributed by atoms with E-state index < -0.39 is 18.9 Å². The first kappa shape index (κ1) is 10.1. The highest BCUT2D eigenvalue weighted by atomic mass is 19.4. The first-order valence-electron chi connectivity index (χ1n) is 3.35. The van der Waals surface area contributed by atoms with E-state index in [1.165, 1.54) is 0 Å². The van der Waals surface area contributed by atoms with Gasteiger partial charge in [-0.2, -0.15) is 13.2 Å². The third-order valence-electron chi connectivity index (χ3n) is 1.44. The Kier molecular flexibility index (Phi) is 2.63. The Bertz CT molecular complexity index is 298. The molecule has 0 heterocycles. The van der Waals surface area contributed by atoms with Gasteiger partial charge in [-0.15, -0.1) is 0 Å². The van der Waals surface area contributed by atoms with Gasteiger partial charge in [-0.3, -0.25) is 0 Å². The molecule has 0 aliphatic rings. The number of rotatable bonds is 1. The van der Waals surface area contributed by atoms with Crippen molar-refractivity contribution in [1.82, 2.24) is 0 Å². The van der Waals surface area contributed by atoms with Crippen LogP contribution in [0, 0.1) is 6.07 Å². The number of halogens is 3. The molecule has 0 spiro atoms. The molecule has 0 unspecified atom stereocenters. The smallest absolute Gasteiger partial charge is 0.423 e. The molecule has 1 aromatic carbocycles. The molecule has 0 fully saturated rings. The van der Waals surface area contributed by atoms with Crippen molar-refractivity contribution in [3.05, 3.63) is 29.8 Å². The fourth-order valence-corrected chi connectivity index (χ4v) is 0.803. The minimum Gasteiger partial charge on any atom is -0.423 e. The average molecular weight is 189 g/mol. The second-order valence-corrected chi connectivity index (χ2v) is 2.43. The lowest BCUT2D eigenvalue weighted by molar-refractivity contribution is -0.137. The topological polar surface area (TPSA) is 40.5 Å². The Hall–Kier alpha value is -1.01. The van der Waals surface area contributed by atoms with E-state index in [-0.39, 0.29) is 5.46 Å². The van der Waals surface area contributed by atoms with Crippen molar-refractivity contribution in [2.75, 3.05) is 0 Å². The Balaban J connectivity index is 3.06. The summed E-state index contributed by atoms with van der Waals surface area (Å²) in [6, 6.07) is 4.67. The second-order valence-electron chi connectivity index (χ2n) is 2.43. The third kappa shape index (κ3) is 2.47. The second kappa shape index (κ2) is 3.39. The van der Waals surface area contributed by atoms with Crippen LogP contribution in [0.15, 0.2) is 18.2 Å². The summed E-state index contributed by atoms with van der Waals surface area (Å²) in [6.45, 7) is 0. The van der Waals surface area contributed by atoms with Crippen LogP contribution < -0.4 is 5.46 Å². The van der Waals surface area contributed by atoms with Gasteiger partial charge in [-0.25, -0.2) is 0 Å². The van der Waals surface area contributed by atoms with Gasteiger partial charge >= 0.3 is 13.3 Å². The Morgan fingerprint density at radius 2 is 1.85 bits per heavy atom. The molecule has 0 amide bonds. The molecule has 0 atom stereocenters. The summed E-state index contributed by atoms with van der Waals surface area (Å²) in [5.41, 5.74) is -1.17. The van der Waals surface area contributed by atoms with Crippen LogP contribution in [0.25, 0.3) is 0 Å². The van der Waals surface area contributed by atoms with E-state index in [0.29, 0.717) is 6.07 Å². The Morgan fingerprint density at radius 1 is 1.23 bits per heavy atom. The zero-order valence-corrected chi connectivity index (χ0v) is 6.34. The number of benzene rings is 1. The maximum atomic E-state index is 12.0. The predicted molar refractivity (Wildman–Crippen MR) is 40.1 cm³/mol. The van der Waals surface area contributed by atoms with E-state index in [1.54, 1.807) is 0 Å². The van der Waals surface area contributed by atoms with Crippen molar-refractivity contribution in [3.63, 3.8) is 0 Å². The van der Waals surface area contributed by atoms with Gasteiger partial charge < -0.3 is 10.0 Å². The number of hydrogen-bond donors (Lipinski definition) is 2. The van der Waals surface area contributed by atoms with E-state index in [4.69, 9.17) is 10.0 Å². The third-order valence-corrected chi connectivity index (χ3v) is 1.44. The lowest BCUT2D eigenvalue weighted by Crippen LogP contribution is -2.30. The standard InChI is InChI=1S/C7H5BF3O2/c9-7(10,11)5-2-1-3-6(4-5)8(12)13/h2-4,12-13H. The molecule has 0 aliphatic heterocycles. The van der Waals surface area contributed by atoms with Crippen molar-refractivity contribution < 1.29 is 23.2 Å². The molecular formula is C7H5BF3O2.